The fourth-order valence-corrected chi connectivity index (χ4v) is 2.76. The summed E-state index contributed by atoms with van der Waals surface area (Å²) in [4.78, 5) is 17.9. The first kappa shape index (κ1) is 16.6. The third-order valence-electron chi connectivity index (χ3n) is 4.38. The number of hydrogen-bond donors (Lipinski definition) is 1. The minimum atomic E-state index is -0.743. The molecule has 1 unspecified atom stereocenters. The molecule has 1 N–H and O–H groups in total. The maximum Gasteiger partial charge on any atom is 0.308 e. The number of carboxylic acid groups (broad SMARTS) is 1. The Hall–Kier alpha value is -1.75. The summed E-state index contributed by atoms with van der Waals surface area (Å²) in [6, 6.07) is 8.50. The number of hydrogen-bond acceptors (Lipinski definition) is 4. The number of piperazine rings is 1. The third kappa shape index (κ3) is 4.13. The second-order valence-corrected chi connectivity index (χ2v) is 6.08. The number of carboxylic acids is 1. The number of likely N-dealkylation sites (N-methyl/N-ethyl adjacent to an activating group) is 1. The minimum Gasteiger partial charge on any atom is -0.481 e. The molecule has 1 saturated heterocycles. The van der Waals surface area contributed by atoms with Crippen LogP contribution in [-0.2, 0) is 4.79 Å². The van der Waals surface area contributed by atoms with Gasteiger partial charge in [0.15, 0.2) is 0 Å². The summed E-state index contributed by atoms with van der Waals surface area (Å²) < 4.78 is 0. The van der Waals surface area contributed by atoms with Crippen molar-refractivity contribution >= 4 is 17.3 Å². The van der Waals surface area contributed by atoms with Crippen LogP contribution in [0.5, 0.6) is 0 Å². The van der Waals surface area contributed by atoms with Gasteiger partial charge < -0.3 is 19.8 Å². The van der Waals surface area contributed by atoms with Crippen molar-refractivity contribution in [3.8, 4) is 0 Å². The van der Waals surface area contributed by atoms with Crippen molar-refractivity contribution in [2.24, 2.45) is 5.92 Å². The summed E-state index contributed by atoms with van der Waals surface area (Å²) in [6.45, 7) is 9.47. The normalized spacial score (nSPS) is 17.3. The van der Waals surface area contributed by atoms with Gasteiger partial charge in [-0.1, -0.05) is 6.92 Å². The van der Waals surface area contributed by atoms with Crippen LogP contribution < -0.4 is 9.80 Å². The van der Waals surface area contributed by atoms with E-state index in [1.54, 1.807) is 6.92 Å². The molecule has 22 heavy (non-hydrogen) atoms. The van der Waals surface area contributed by atoms with Crippen LogP contribution in [0.2, 0.25) is 0 Å². The maximum absolute atomic E-state index is 11.0. The van der Waals surface area contributed by atoms with Gasteiger partial charge >= 0.3 is 5.97 Å². The molecule has 1 atom stereocenters. The number of benzene rings is 1. The fourth-order valence-electron chi connectivity index (χ4n) is 2.76. The average Bonchev–Trinajstić information content (AvgIpc) is 2.53. The van der Waals surface area contributed by atoms with E-state index in [9.17, 15) is 4.79 Å². The molecule has 0 aliphatic carbocycles. The Morgan fingerprint density at radius 2 is 1.82 bits per heavy atom. The van der Waals surface area contributed by atoms with Crippen LogP contribution >= 0.6 is 0 Å². The van der Waals surface area contributed by atoms with Gasteiger partial charge in [-0.15, -0.1) is 0 Å². The van der Waals surface area contributed by atoms with Gasteiger partial charge in [-0.25, -0.2) is 0 Å². The van der Waals surface area contributed by atoms with Gasteiger partial charge in [-0.3, -0.25) is 4.79 Å². The summed E-state index contributed by atoms with van der Waals surface area (Å²) in [5, 5.41) is 9.07. The lowest BCUT2D eigenvalue weighted by Gasteiger charge is -2.34. The molecule has 1 aliphatic rings. The van der Waals surface area contributed by atoms with Crippen molar-refractivity contribution in [1.82, 2.24) is 4.90 Å². The zero-order chi connectivity index (χ0) is 16.1. The van der Waals surface area contributed by atoms with Gasteiger partial charge in [0, 0.05) is 50.6 Å². The van der Waals surface area contributed by atoms with Crippen LogP contribution in [0.4, 0.5) is 11.4 Å². The summed E-state index contributed by atoms with van der Waals surface area (Å²) in [6.07, 6.45) is 0. The van der Waals surface area contributed by atoms with Crippen LogP contribution in [0.3, 0.4) is 0 Å². The van der Waals surface area contributed by atoms with E-state index in [-0.39, 0.29) is 5.92 Å². The first-order valence-electron chi connectivity index (χ1n) is 8.02. The zero-order valence-corrected chi connectivity index (χ0v) is 13.8. The first-order chi connectivity index (χ1) is 10.5. The molecule has 0 saturated carbocycles. The summed E-state index contributed by atoms with van der Waals surface area (Å²) in [5.74, 6) is -1.11. The van der Waals surface area contributed by atoms with E-state index in [0.717, 1.165) is 38.4 Å². The molecule has 1 aromatic rings. The van der Waals surface area contributed by atoms with Gasteiger partial charge in [0.25, 0.3) is 0 Å². The van der Waals surface area contributed by atoms with Crippen molar-refractivity contribution in [2.45, 2.75) is 13.8 Å². The summed E-state index contributed by atoms with van der Waals surface area (Å²) >= 11 is 0. The Morgan fingerprint density at radius 1 is 1.23 bits per heavy atom. The molecule has 5 nitrogen and oxygen atoms in total. The predicted octanol–water partition coefficient (Wildman–Crippen LogP) is 1.99. The number of carbonyl (C=O) groups is 1. The molecule has 0 bridgehead atoms. The SMILES string of the molecule is CCN(CC(C)C(=O)O)c1ccc(N2CCN(C)CC2)cc1. The van der Waals surface area contributed by atoms with Crippen molar-refractivity contribution in [3.63, 3.8) is 0 Å². The van der Waals surface area contributed by atoms with Crippen LogP contribution in [0, 0.1) is 5.92 Å². The fraction of sp³-hybridized carbons (Fsp3) is 0.588. The molecule has 0 spiro atoms. The summed E-state index contributed by atoms with van der Waals surface area (Å²) in [7, 11) is 2.16. The smallest absolute Gasteiger partial charge is 0.308 e. The lowest BCUT2D eigenvalue weighted by atomic mass is 10.1. The molecule has 0 radical (unpaired) electrons. The molecule has 1 aromatic carbocycles. The number of rotatable bonds is 6. The molecular weight excluding hydrogens is 278 g/mol. The van der Waals surface area contributed by atoms with E-state index < -0.39 is 5.97 Å². The Morgan fingerprint density at radius 3 is 2.32 bits per heavy atom. The Kier molecular flexibility index (Phi) is 5.66. The highest BCUT2D eigenvalue weighted by atomic mass is 16.4. The Bertz CT molecular complexity index is 481. The Balaban J connectivity index is 2.02. The van der Waals surface area contributed by atoms with Crippen molar-refractivity contribution in [3.05, 3.63) is 24.3 Å². The molecule has 122 valence electrons. The van der Waals surface area contributed by atoms with Crippen molar-refractivity contribution < 1.29 is 9.90 Å². The zero-order valence-electron chi connectivity index (χ0n) is 13.8. The minimum absolute atomic E-state index is 0.364. The molecule has 1 aliphatic heterocycles. The second kappa shape index (κ2) is 7.49. The molecule has 0 amide bonds. The van der Waals surface area contributed by atoms with Gasteiger partial charge in [0.1, 0.15) is 0 Å². The highest BCUT2D eigenvalue weighted by Gasteiger charge is 2.17. The number of anilines is 2. The van der Waals surface area contributed by atoms with E-state index in [0.29, 0.717) is 6.54 Å². The number of aliphatic carboxylic acids is 1. The molecular formula is C17H27N3O2. The van der Waals surface area contributed by atoms with E-state index in [1.165, 1.54) is 5.69 Å². The quantitative estimate of drug-likeness (QED) is 0.871. The average molecular weight is 305 g/mol. The van der Waals surface area contributed by atoms with Gasteiger partial charge in [-0.05, 0) is 38.2 Å². The predicted molar refractivity (Wildman–Crippen MR) is 90.8 cm³/mol. The largest absolute Gasteiger partial charge is 0.481 e. The third-order valence-corrected chi connectivity index (χ3v) is 4.38. The van der Waals surface area contributed by atoms with E-state index in [4.69, 9.17) is 5.11 Å². The van der Waals surface area contributed by atoms with Crippen LogP contribution in [-0.4, -0.2) is 62.3 Å². The van der Waals surface area contributed by atoms with Gasteiger partial charge in [0.2, 0.25) is 0 Å². The van der Waals surface area contributed by atoms with Gasteiger partial charge in [0.05, 0.1) is 5.92 Å². The molecule has 5 heteroatoms. The first-order valence-corrected chi connectivity index (χ1v) is 8.02. The van der Waals surface area contributed by atoms with Gasteiger partial charge in [-0.2, -0.15) is 0 Å². The van der Waals surface area contributed by atoms with Crippen LogP contribution in [0.1, 0.15) is 13.8 Å². The van der Waals surface area contributed by atoms with Crippen LogP contribution in [0.25, 0.3) is 0 Å². The highest BCUT2D eigenvalue weighted by Crippen LogP contribution is 2.22. The molecule has 2 rings (SSSR count). The van der Waals surface area contributed by atoms with Crippen LogP contribution in [0.15, 0.2) is 24.3 Å². The van der Waals surface area contributed by atoms with Crippen molar-refractivity contribution in [2.75, 3.05) is 56.1 Å². The maximum atomic E-state index is 11.0. The molecule has 1 fully saturated rings. The lowest BCUT2D eigenvalue weighted by Crippen LogP contribution is -2.44. The van der Waals surface area contributed by atoms with E-state index >= 15 is 0 Å². The summed E-state index contributed by atoms with van der Waals surface area (Å²) in [5.41, 5.74) is 2.34. The Labute approximate surface area is 133 Å². The topological polar surface area (TPSA) is 47.0 Å². The standard InChI is InChI=1S/C17H27N3O2/c1-4-19(13-14(2)17(21)22)15-5-7-16(8-6-15)20-11-9-18(3)10-12-20/h5-8,14H,4,9-13H2,1-3H3,(H,21,22). The lowest BCUT2D eigenvalue weighted by molar-refractivity contribution is -0.140. The molecule has 0 aromatic heterocycles. The molecule has 1 heterocycles. The van der Waals surface area contributed by atoms with E-state index in [1.807, 2.05) is 0 Å². The number of nitrogens with zero attached hydrogens (tertiary/aromatic N) is 3. The monoisotopic (exact) mass is 305 g/mol. The van der Waals surface area contributed by atoms with E-state index in [2.05, 4.69) is 52.9 Å². The second-order valence-electron chi connectivity index (χ2n) is 6.08. The highest BCUT2D eigenvalue weighted by molar-refractivity contribution is 5.70. The van der Waals surface area contributed by atoms with Crippen molar-refractivity contribution in [1.29, 1.82) is 0 Å².